The van der Waals surface area contributed by atoms with E-state index in [0.717, 1.165) is 0 Å². The molecule has 2 aromatic heterocycles. The molecular weight excluding hydrogens is 857 g/mol. The summed E-state index contributed by atoms with van der Waals surface area (Å²) in [6.45, 7) is 0.506. The second-order valence-corrected chi connectivity index (χ2v) is 14.8. The molecule has 4 aromatic rings. The first kappa shape index (κ1) is 45.8. The minimum Gasteiger partial charge on any atom is -0.481 e. The molecule has 6 rings (SSSR count). The van der Waals surface area contributed by atoms with Gasteiger partial charge in [-0.2, -0.15) is 9.97 Å². The Morgan fingerprint density at radius 2 is 1.14 bits per heavy atom. The van der Waals surface area contributed by atoms with Crippen molar-refractivity contribution < 1.29 is 48.9 Å². The van der Waals surface area contributed by atoms with Crippen LogP contribution in [0.4, 0.5) is 46.3 Å². The first-order valence-corrected chi connectivity index (χ1v) is 19.8. The first-order valence-electron chi connectivity index (χ1n) is 19.8. The van der Waals surface area contributed by atoms with Gasteiger partial charge in [0.15, 0.2) is 23.0 Å². The Hall–Kier alpha value is -8.71. The summed E-state index contributed by atoms with van der Waals surface area (Å²) in [5, 5.41) is 45.2. The predicted molar refractivity (Wildman–Crippen MR) is 233 cm³/mol. The maximum absolute atomic E-state index is 14.0. The zero-order chi connectivity index (χ0) is 46.9. The fourth-order valence-electron chi connectivity index (χ4n) is 7.07. The number of carboxylic acid groups (broad SMARTS) is 3. The fourth-order valence-corrected chi connectivity index (χ4v) is 7.07. The summed E-state index contributed by atoms with van der Waals surface area (Å²) in [4.78, 5) is 127. The van der Waals surface area contributed by atoms with Gasteiger partial charge < -0.3 is 63.6 Å². The van der Waals surface area contributed by atoms with Crippen molar-refractivity contribution in [1.82, 2.24) is 30.6 Å². The number of benzene rings is 2. The van der Waals surface area contributed by atoms with Crippen LogP contribution >= 0.6 is 0 Å². The lowest BCUT2D eigenvalue weighted by Gasteiger charge is -2.37. The van der Waals surface area contributed by atoms with Crippen LogP contribution in [-0.4, -0.2) is 128 Å². The number of anilines is 8. The highest BCUT2D eigenvalue weighted by atomic mass is 16.4. The normalized spacial score (nSPS) is 15.9. The van der Waals surface area contributed by atoms with Crippen molar-refractivity contribution in [2.24, 2.45) is 0 Å². The number of nitrogens with zero attached hydrogens (tertiary/aromatic N) is 4. The molecule has 342 valence electrons. The van der Waals surface area contributed by atoms with Crippen molar-refractivity contribution in [3.63, 3.8) is 0 Å². The molecule has 0 saturated carbocycles. The molecule has 4 atom stereocenters. The molecule has 2 unspecified atom stereocenters. The van der Waals surface area contributed by atoms with Crippen LogP contribution in [0, 0.1) is 0 Å². The number of H-pyrrole nitrogens is 2. The van der Waals surface area contributed by atoms with Crippen molar-refractivity contribution in [1.29, 1.82) is 0 Å². The van der Waals surface area contributed by atoms with E-state index in [0.29, 0.717) is 17.8 Å². The van der Waals surface area contributed by atoms with E-state index in [1.54, 1.807) is 12.1 Å². The summed E-state index contributed by atoms with van der Waals surface area (Å²) in [5.41, 5.74) is 11.0. The molecule has 0 fully saturated rings. The van der Waals surface area contributed by atoms with Gasteiger partial charge in [-0.3, -0.25) is 48.4 Å². The predicted octanol–water partition coefficient (Wildman–Crippen LogP) is -1.16. The highest BCUT2D eigenvalue weighted by molar-refractivity contribution is 6.00. The third-order valence-corrected chi connectivity index (χ3v) is 10.4. The molecule has 2 aliphatic heterocycles. The van der Waals surface area contributed by atoms with Crippen LogP contribution in [0.15, 0.2) is 58.1 Å². The lowest BCUT2D eigenvalue weighted by molar-refractivity contribution is -0.141. The monoisotopic (exact) mass is 900 g/mol. The van der Waals surface area contributed by atoms with Crippen LogP contribution in [0.5, 0.6) is 0 Å². The maximum atomic E-state index is 14.0. The summed E-state index contributed by atoms with van der Waals surface area (Å²) in [5.74, 6) is -6.36. The second-order valence-electron chi connectivity index (χ2n) is 14.8. The number of nitrogens with two attached hydrogens (primary N) is 2. The number of hydrogen-bond acceptors (Lipinski definition) is 17. The number of fused-ring (bicyclic) bond motifs is 2. The minimum atomic E-state index is -1.53. The number of amides is 4. The summed E-state index contributed by atoms with van der Waals surface area (Å²) >= 11 is 0. The van der Waals surface area contributed by atoms with E-state index >= 15 is 0 Å². The Bertz CT molecular complexity index is 2600. The summed E-state index contributed by atoms with van der Waals surface area (Å²) in [6, 6.07) is 7.56. The van der Waals surface area contributed by atoms with Crippen LogP contribution in [-0.2, 0) is 24.0 Å². The zero-order valence-corrected chi connectivity index (χ0v) is 34.1. The summed E-state index contributed by atoms with van der Waals surface area (Å²) in [6.07, 6.45) is -1.10. The number of carboxylic acids is 3. The summed E-state index contributed by atoms with van der Waals surface area (Å²) in [7, 11) is 0. The Morgan fingerprint density at radius 1 is 0.692 bits per heavy atom. The van der Waals surface area contributed by atoms with Gasteiger partial charge in [0.1, 0.15) is 12.1 Å². The van der Waals surface area contributed by atoms with Crippen molar-refractivity contribution in [2.45, 2.75) is 49.9 Å². The number of hydrogen-bond donors (Lipinski definition) is 13. The molecule has 4 amide bonds. The number of carbonyl (C=O) groups is 7. The molecule has 4 heterocycles. The topological polar surface area (TPSA) is 402 Å². The lowest BCUT2D eigenvalue weighted by Crippen LogP contribution is -2.53. The van der Waals surface area contributed by atoms with Gasteiger partial charge in [0.05, 0.1) is 12.1 Å². The van der Waals surface area contributed by atoms with E-state index in [4.69, 9.17) is 16.6 Å². The number of nitrogen functional groups attached to an aromatic ring is 2. The molecule has 0 aliphatic carbocycles. The van der Waals surface area contributed by atoms with Crippen molar-refractivity contribution in [2.75, 3.05) is 68.7 Å². The average Bonchev–Trinajstić information content (AvgIpc) is 3.27. The van der Waals surface area contributed by atoms with Gasteiger partial charge in [0.2, 0.25) is 24.2 Å². The largest absolute Gasteiger partial charge is 0.481 e. The van der Waals surface area contributed by atoms with E-state index in [2.05, 4.69) is 51.8 Å². The quantitative estimate of drug-likeness (QED) is 0.0493. The van der Waals surface area contributed by atoms with Gasteiger partial charge in [-0.1, -0.05) is 0 Å². The second kappa shape index (κ2) is 20.0. The van der Waals surface area contributed by atoms with Gasteiger partial charge in [-0.05, 0) is 61.4 Å². The van der Waals surface area contributed by atoms with Gasteiger partial charge >= 0.3 is 17.9 Å². The molecule has 15 N–H and O–H groups in total. The van der Waals surface area contributed by atoms with Crippen molar-refractivity contribution in [3.8, 4) is 0 Å². The molecule has 26 heteroatoms. The summed E-state index contributed by atoms with van der Waals surface area (Å²) < 4.78 is 0. The van der Waals surface area contributed by atoms with E-state index in [-0.39, 0.29) is 85.1 Å². The van der Waals surface area contributed by atoms with E-state index in [9.17, 15) is 53.4 Å². The highest BCUT2D eigenvalue weighted by Crippen LogP contribution is 2.29. The Labute approximate surface area is 366 Å². The lowest BCUT2D eigenvalue weighted by atomic mass is 10.1. The van der Waals surface area contributed by atoms with E-state index in [1.165, 1.54) is 46.2 Å². The van der Waals surface area contributed by atoms with Crippen LogP contribution in [0.25, 0.3) is 0 Å². The smallest absolute Gasteiger partial charge is 0.326 e. The molecular formula is C39H44N14O12. The molecule has 2 aromatic carbocycles. The van der Waals surface area contributed by atoms with Gasteiger partial charge in [-0.15, -0.1) is 0 Å². The highest BCUT2D eigenvalue weighted by Gasteiger charge is 2.36. The van der Waals surface area contributed by atoms with Crippen LogP contribution in [0.1, 0.15) is 46.4 Å². The number of carbonyl (C=O) groups excluding carboxylic acids is 4. The van der Waals surface area contributed by atoms with Crippen LogP contribution < -0.4 is 64.3 Å². The fraction of sp³-hybridized carbons (Fsp3) is 0.308. The third kappa shape index (κ3) is 11.0. The van der Waals surface area contributed by atoms with E-state index < -0.39 is 83.8 Å². The SMILES string of the molecule is Nc1nc2c(c(=O)[nH]1)N(C=O)C(CNc1ccc(C(=O)N[C@@H](CCC(=O)N3c4c(nc(N)[nH]c4=O)NCC3CNc3ccc(C(=O)N[C@@H](CCC(=O)O)C(=O)O)cc3)C(=O)O)cc1)CN2. The minimum absolute atomic E-state index is 0.00946. The van der Waals surface area contributed by atoms with Crippen molar-refractivity contribution >= 4 is 88.3 Å². The molecule has 0 bridgehead atoms. The number of rotatable bonds is 19. The average molecular weight is 901 g/mol. The zero-order valence-electron chi connectivity index (χ0n) is 34.1. The standard InChI is InChI=1S/C39H44N14O12/c40-38-48-30-28(34(60)50-38)52(17-54)22(14-44-30)13-42-20-5-1-18(2-6-20)32(58)46-24(36(62)63)9-11-26(55)53-23(16-45-31-29(53)35(61)51-39(41)49-31)15-43-21-7-3-19(4-8-21)33(59)47-25(37(64)65)10-12-27(56)57/h1-8,17,22-25,42-43H,9-16H2,(H,46,58)(H,47,59)(H,56,57)(H,62,63)(H,64,65)(H4,40,44,48,50,60)(H4,41,45,49,51,61)/t22?,23?,24-,25-/m0/s1. The van der Waals surface area contributed by atoms with Crippen molar-refractivity contribution in [3.05, 3.63) is 80.4 Å². The molecule has 0 spiro atoms. The number of nitrogens with one attached hydrogen (secondary N) is 8. The van der Waals surface area contributed by atoms with Gasteiger partial charge in [0, 0.05) is 61.5 Å². The molecule has 0 saturated heterocycles. The number of aliphatic carboxylic acids is 3. The molecule has 0 radical (unpaired) electrons. The Morgan fingerprint density at radius 3 is 1.62 bits per heavy atom. The van der Waals surface area contributed by atoms with E-state index in [1.807, 2.05) is 0 Å². The van der Waals surface area contributed by atoms with Gasteiger partial charge in [0.25, 0.3) is 22.9 Å². The Kier molecular flexibility index (Phi) is 14.1. The number of aromatic amines is 2. The van der Waals surface area contributed by atoms with Crippen LogP contribution in [0.3, 0.4) is 0 Å². The molecule has 65 heavy (non-hydrogen) atoms. The van der Waals surface area contributed by atoms with Crippen LogP contribution in [0.2, 0.25) is 0 Å². The molecule has 26 nitrogen and oxygen atoms in total. The maximum Gasteiger partial charge on any atom is 0.326 e. The first-order chi connectivity index (χ1) is 31.0. The third-order valence-electron chi connectivity index (χ3n) is 10.4. The Balaban J connectivity index is 1.07. The molecule has 2 aliphatic rings. The number of aromatic nitrogens is 4. The van der Waals surface area contributed by atoms with Gasteiger partial charge in [-0.25, -0.2) is 9.59 Å².